The Kier molecular flexibility index (Phi) is 3.18. The topological polar surface area (TPSA) is 44.9 Å². The summed E-state index contributed by atoms with van der Waals surface area (Å²) >= 11 is 0. The normalized spacial score (nSPS) is 24.0. The summed E-state index contributed by atoms with van der Waals surface area (Å²) in [5.41, 5.74) is 0.486. The van der Waals surface area contributed by atoms with Gasteiger partial charge >= 0.3 is 6.18 Å². The van der Waals surface area contributed by atoms with E-state index in [4.69, 9.17) is 0 Å². The molecule has 2 aliphatic rings. The summed E-state index contributed by atoms with van der Waals surface area (Å²) in [6, 6.07) is 3.95. The molecule has 2 atom stereocenters. The lowest BCUT2D eigenvalue weighted by atomic mass is 9.72. The maximum atomic E-state index is 13.3. The lowest BCUT2D eigenvalue weighted by molar-refractivity contribution is -0.136. The molecule has 0 bridgehead atoms. The van der Waals surface area contributed by atoms with E-state index in [9.17, 15) is 18.0 Å². The Hall–Kier alpha value is -1.98. The molecule has 1 aromatic carbocycles. The summed E-state index contributed by atoms with van der Waals surface area (Å²) in [5.74, 6) is 0.809. The number of rotatable bonds is 0. The highest BCUT2D eigenvalue weighted by atomic mass is 19.4. The van der Waals surface area contributed by atoms with Crippen molar-refractivity contribution in [1.29, 1.82) is 0 Å². The van der Waals surface area contributed by atoms with Crippen molar-refractivity contribution in [2.75, 3.05) is 11.9 Å². The predicted octanol–water partition coefficient (Wildman–Crippen LogP) is 4.25. The van der Waals surface area contributed by atoms with Gasteiger partial charge in [0.2, 0.25) is 5.56 Å². The van der Waals surface area contributed by atoms with E-state index in [2.05, 4.69) is 10.3 Å². The van der Waals surface area contributed by atoms with Gasteiger partial charge in [-0.15, -0.1) is 0 Å². The van der Waals surface area contributed by atoms with Crippen LogP contribution in [0.3, 0.4) is 0 Å². The SMILES string of the molecule is O=c1cc(C(F)(F)F)c2cc3c(cc2[nH]1)NC[C@@H]1CCCC[C@H]31. The van der Waals surface area contributed by atoms with E-state index in [1.54, 1.807) is 12.1 Å². The van der Waals surface area contributed by atoms with Gasteiger partial charge in [-0.1, -0.05) is 12.8 Å². The molecule has 2 heterocycles. The maximum absolute atomic E-state index is 13.3. The molecule has 1 aliphatic carbocycles. The number of hydrogen-bond donors (Lipinski definition) is 2. The van der Waals surface area contributed by atoms with E-state index in [1.165, 1.54) is 6.42 Å². The predicted molar refractivity (Wildman–Crippen MR) is 82.8 cm³/mol. The Bertz CT molecular complexity index is 825. The highest BCUT2D eigenvalue weighted by Gasteiger charge is 2.36. The first kappa shape index (κ1) is 14.6. The summed E-state index contributed by atoms with van der Waals surface area (Å²) in [6.07, 6.45) is -0.0828. The summed E-state index contributed by atoms with van der Waals surface area (Å²) in [6.45, 7) is 0.854. The number of alkyl halides is 3. The summed E-state index contributed by atoms with van der Waals surface area (Å²) in [7, 11) is 0. The van der Waals surface area contributed by atoms with Crippen molar-refractivity contribution in [3.63, 3.8) is 0 Å². The molecule has 2 N–H and O–H groups in total. The molecule has 6 heteroatoms. The fourth-order valence-electron chi connectivity index (χ4n) is 4.12. The molecule has 0 unspecified atom stereocenters. The lowest BCUT2D eigenvalue weighted by Gasteiger charge is -2.38. The third-order valence-electron chi connectivity index (χ3n) is 5.18. The van der Waals surface area contributed by atoms with Crippen LogP contribution < -0.4 is 10.9 Å². The number of nitrogens with one attached hydrogen (secondary N) is 2. The lowest BCUT2D eigenvalue weighted by Crippen LogP contribution is -2.30. The Morgan fingerprint density at radius 2 is 1.87 bits per heavy atom. The van der Waals surface area contributed by atoms with Crippen LogP contribution in [0.25, 0.3) is 10.9 Å². The summed E-state index contributed by atoms with van der Waals surface area (Å²) in [4.78, 5) is 14.1. The second-order valence-corrected chi connectivity index (χ2v) is 6.56. The molecule has 1 saturated carbocycles. The van der Waals surface area contributed by atoms with Gasteiger partial charge in [0.05, 0.1) is 11.1 Å². The fraction of sp³-hybridized carbons (Fsp3) is 0.471. The van der Waals surface area contributed by atoms with E-state index >= 15 is 0 Å². The van der Waals surface area contributed by atoms with E-state index < -0.39 is 17.3 Å². The van der Waals surface area contributed by atoms with Crippen LogP contribution in [0.5, 0.6) is 0 Å². The maximum Gasteiger partial charge on any atom is 0.417 e. The minimum absolute atomic E-state index is 0.0869. The van der Waals surface area contributed by atoms with Crippen molar-refractivity contribution in [3.8, 4) is 0 Å². The zero-order valence-electron chi connectivity index (χ0n) is 12.5. The molecule has 1 aromatic heterocycles. The Morgan fingerprint density at radius 1 is 1.09 bits per heavy atom. The average molecular weight is 322 g/mol. The van der Waals surface area contributed by atoms with Crippen molar-refractivity contribution in [2.45, 2.75) is 37.8 Å². The molecule has 0 spiro atoms. The Balaban J connectivity index is 1.96. The van der Waals surface area contributed by atoms with Gasteiger partial charge in [0.1, 0.15) is 0 Å². The quantitative estimate of drug-likeness (QED) is 0.762. The molecule has 23 heavy (non-hydrogen) atoms. The standard InChI is InChI=1S/C17H17F3N2O/c18-17(19,20)13-6-16(23)22-15-7-14-11(5-12(13)15)10-4-2-1-3-9(10)8-21-14/h5-7,9-10,21H,1-4,8H2,(H,22,23)/t9-,10-/m0/s1. The molecular weight excluding hydrogens is 305 g/mol. The molecule has 0 radical (unpaired) electrons. The molecule has 0 amide bonds. The Morgan fingerprint density at radius 3 is 2.65 bits per heavy atom. The highest BCUT2D eigenvalue weighted by molar-refractivity contribution is 5.87. The first-order valence-corrected chi connectivity index (χ1v) is 7.95. The zero-order chi connectivity index (χ0) is 16.2. The van der Waals surface area contributed by atoms with Crippen LogP contribution in [0.1, 0.15) is 42.7 Å². The number of H-pyrrole nitrogens is 1. The molecular formula is C17H17F3N2O. The van der Waals surface area contributed by atoms with E-state index in [-0.39, 0.29) is 10.9 Å². The first-order valence-electron chi connectivity index (χ1n) is 7.95. The molecule has 0 saturated heterocycles. The number of pyridine rings is 1. The van der Waals surface area contributed by atoms with E-state index in [1.807, 2.05) is 0 Å². The number of benzene rings is 1. The fourth-order valence-corrected chi connectivity index (χ4v) is 4.12. The van der Waals surface area contributed by atoms with Gasteiger partial charge < -0.3 is 10.3 Å². The van der Waals surface area contributed by atoms with Crippen LogP contribution in [-0.2, 0) is 6.18 Å². The van der Waals surface area contributed by atoms with Crippen molar-refractivity contribution >= 4 is 16.6 Å². The van der Waals surface area contributed by atoms with Crippen LogP contribution in [0, 0.1) is 5.92 Å². The molecule has 4 rings (SSSR count). The first-order chi connectivity index (χ1) is 10.9. The monoisotopic (exact) mass is 322 g/mol. The third-order valence-corrected chi connectivity index (χ3v) is 5.18. The van der Waals surface area contributed by atoms with Crippen molar-refractivity contribution < 1.29 is 13.2 Å². The van der Waals surface area contributed by atoms with Gasteiger partial charge in [0, 0.05) is 23.7 Å². The van der Waals surface area contributed by atoms with Gasteiger partial charge in [-0.2, -0.15) is 13.2 Å². The minimum Gasteiger partial charge on any atom is -0.384 e. The number of aromatic nitrogens is 1. The van der Waals surface area contributed by atoms with Crippen LogP contribution in [0.4, 0.5) is 18.9 Å². The number of fused-ring (bicyclic) bond motifs is 4. The van der Waals surface area contributed by atoms with Crippen LogP contribution >= 0.6 is 0 Å². The van der Waals surface area contributed by atoms with Gasteiger partial charge in [0.25, 0.3) is 0 Å². The van der Waals surface area contributed by atoms with Crippen LogP contribution in [0.2, 0.25) is 0 Å². The third kappa shape index (κ3) is 2.40. The van der Waals surface area contributed by atoms with Crippen molar-refractivity contribution in [2.24, 2.45) is 5.92 Å². The molecule has 122 valence electrons. The number of anilines is 1. The number of aromatic amines is 1. The highest BCUT2D eigenvalue weighted by Crippen LogP contribution is 2.46. The molecule has 1 aliphatic heterocycles. The number of hydrogen-bond acceptors (Lipinski definition) is 2. The minimum atomic E-state index is -4.53. The summed E-state index contributed by atoms with van der Waals surface area (Å²) < 4.78 is 39.9. The largest absolute Gasteiger partial charge is 0.417 e. The van der Waals surface area contributed by atoms with Gasteiger partial charge in [-0.25, -0.2) is 0 Å². The van der Waals surface area contributed by atoms with Crippen molar-refractivity contribution in [1.82, 2.24) is 4.98 Å². The second kappa shape index (κ2) is 5.01. The average Bonchev–Trinajstić information content (AvgIpc) is 2.51. The van der Waals surface area contributed by atoms with E-state index in [0.29, 0.717) is 17.9 Å². The van der Waals surface area contributed by atoms with Gasteiger partial charge in [-0.05, 0) is 42.4 Å². The number of halogens is 3. The Labute approximate surface area is 130 Å². The zero-order valence-corrected chi connectivity index (χ0v) is 12.5. The molecule has 3 nitrogen and oxygen atoms in total. The second-order valence-electron chi connectivity index (χ2n) is 6.56. The van der Waals surface area contributed by atoms with E-state index in [0.717, 1.165) is 37.1 Å². The molecule has 1 fully saturated rings. The smallest absolute Gasteiger partial charge is 0.384 e. The van der Waals surface area contributed by atoms with Gasteiger partial charge in [-0.3, -0.25) is 4.79 Å². The van der Waals surface area contributed by atoms with Gasteiger partial charge in [0.15, 0.2) is 0 Å². The van der Waals surface area contributed by atoms with Crippen molar-refractivity contribution in [3.05, 3.63) is 39.7 Å². The van der Waals surface area contributed by atoms with Crippen LogP contribution in [-0.4, -0.2) is 11.5 Å². The van der Waals surface area contributed by atoms with Crippen LogP contribution in [0.15, 0.2) is 23.0 Å². The summed E-state index contributed by atoms with van der Waals surface area (Å²) in [5, 5.41) is 3.42. The molecule has 2 aromatic rings.